The van der Waals surface area contributed by atoms with E-state index in [1.807, 2.05) is 47.5 Å². The lowest BCUT2D eigenvalue weighted by Gasteiger charge is -2.40. The SMILES string of the molecule is O=C1CCC(=O)[C@@]2(C3C=Cc4ccccc43)CN(OCc3ccccc3)C[C@@H]12. The number of hydrogen-bond acceptors (Lipinski definition) is 4. The summed E-state index contributed by atoms with van der Waals surface area (Å²) >= 11 is 0. The van der Waals surface area contributed by atoms with Crippen LogP contribution in [0.15, 0.2) is 60.7 Å². The van der Waals surface area contributed by atoms with E-state index in [1.54, 1.807) is 0 Å². The van der Waals surface area contributed by atoms with Gasteiger partial charge in [-0.2, -0.15) is 5.06 Å². The molecule has 1 aliphatic heterocycles. The lowest BCUT2D eigenvalue weighted by atomic mass is 9.59. The highest BCUT2D eigenvalue weighted by atomic mass is 16.7. The first kappa shape index (κ1) is 17.5. The smallest absolute Gasteiger partial charge is 0.142 e. The van der Waals surface area contributed by atoms with E-state index in [0.717, 1.165) is 16.7 Å². The maximum absolute atomic E-state index is 13.3. The number of ketones is 2. The normalized spacial score (nSPS) is 29.1. The summed E-state index contributed by atoms with van der Waals surface area (Å²) in [6.45, 7) is 1.41. The van der Waals surface area contributed by atoms with Gasteiger partial charge in [0.1, 0.15) is 11.6 Å². The first-order valence-electron chi connectivity index (χ1n) is 9.93. The Balaban J connectivity index is 1.46. The Morgan fingerprint density at radius 2 is 1.79 bits per heavy atom. The molecule has 2 aliphatic carbocycles. The molecule has 0 radical (unpaired) electrons. The largest absolute Gasteiger partial charge is 0.299 e. The molecule has 2 aromatic carbocycles. The van der Waals surface area contributed by atoms with Gasteiger partial charge in [0, 0.05) is 37.8 Å². The Kier molecular flexibility index (Phi) is 4.26. The van der Waals surface area contributed by atoms with Crippen LogP contribution in [0.4, 0.5) is 0 Å². The van der Waals surface area contributed by atoms with Gasteiger partial charge in [-0.15, -0.1) is 0 Å². The molecule has 0 bridgehead atoms. The van der Waals surface area contributed by atoms with Crippen LogP contribution >= 0.6 is 0 Å². The molecular formula is C24H23NO3. The molecule has 5 rings (SSSR count). The number of carbonyl (C=O) groups is 2. The molecule has 2 aromatic rings. The second kappa shape index (κ2) is 6.80. The van der Waals surface area contributed by atoms with Gasteiger partial charge in [-0.05, 0) is 16.7 Å². The fourth-order valence-electron chi connectivity index (χ4n) is 5.17. The number of carbonyl (C=O) groups excluding carboxylic acids is 2. The second-order valence-corrected chi connectivity index (χ2v) is 8.03. The highest BCUT2D eigenvalue weighted by Gasteiger charge is 2.61. The van der Waals surface area contributed by atoms with Gasteiger partial charge in [-0.3, -0.25) is 14.4 Å². The fourth-order valence-corrected chi connectivity index (χ4v) is 5.17. The van der Waals surface area contributed by atoms with Crippen LogP contribution in [-0.2, 0) is 21.0 Å². The molecule has 3 aliphatic rings. The standard InChI is InChI=1S/C24H23NO3/c26-22-12-13-23(27)24(20-11-10-18-8-4-5-9-19(18)20)16-25(14-21(22)24)28-15-17-6-2-1-3-7-17/h1-11,20-21H,12-16H2/t20?,21-,24+/m0/s1. The van der Waals surface area contributed by atoms with Crippen LogP contribution in [0.5, 0.6) is 0 Å². The number of allylic oxidation sites excluding steroid dienone is 1. The summed E-state index contributed by atoms with van der Waals surface area (Å²) in [7, 11) is 0. The van der Waals surface area contributed by atoms with Crippen LogP contribution in [-0.4, -0.2) is 29.7 Å². The van der Waals surface area contributed by atoms with Crippen LogP contribution in [0.3, 0.4) is 0 Å². The molecule has 0 N–H and O–H groups in total. The van der Waals surface area contributed by atoms with Crippen molar-refractivity contribution in [3.63, 3.8) is 0 Å². The molecule has 2 fully saturated rings. The Morgan fingerprint density at radius 3 is 2.64 bits per heavy atom. The third-order valence-corrected chi connectivity index (χ3v) is 6.56. The van der Waals surface area contributed by atoms with E-state index in [-0.39, 0.29) is 23.4 Å². The number of fused-ring (bicyclic) bond motifs is 2. The fraction of sp³-hybridized carbons (Fsp3) is 0.333. The van der Waals surface area contributed by atoms with Gasteiger partial charge in [0.05, 0.1) is 12.0 Å². The summed E-state index contributed by atoms with van der Waals surface area (Å²) in [4.78, 5) is 32.2. The predicted octanol–water partition coefficient (Wildman–Crippen LogP) is 3.78. The zero-order chi connectivity index (χ0) is 19.1. The Labute approximate surface area is 164 Å². The summed E-state index contributed by atoms with van der Waals surface area (Å²) < 4.78 is 0. The predicted molar refractivity (Wildman–Crippen MR) is 106 cm³/mol. The summed E-state index contributed by atoms with van der Waals surface area (Å²) in [6.07, 6.45) is 4.91. The van der Waals surface area contributed by atoms with Gasteiger partial charge in [0.15, 0.2) is 0 Å². The Morgan fingerprint density at radius 1 is 1.00 bits per heavy atom. The van der Waals surface area contributed by atoms with Crippen molar-refractivity contribution in [2.45, 2.75) is 25.4 Å². The first-order valence-corrected chi connectivity index (χ1v) is 9.93. The van der Waals surface area contributed by atoms with Crippen molar-refractivity contribution in [2.75, 3.05) is 13.1 Å². The summed E-state index contributed by atoms with van der Waals surface area (Å²) in [5.74, 6) is 0.0403. The third-order valence-electron chi connectivity index (χ3n) is 6.56. The molecule has 0 aromatic heterocycles. The van der Waals surface area contributed by atoms with Crippen molar-refractivity contribution in [3.05, 3.63) is 77.4 Å². The number of rotatable bonds is 4. The van der Waals surface area contributed by atoms with E-state index < -0.39 is 5.41 Å². The number of benzene rings is 2. The zero-order valence-electron chi connectivity index (χ0n) is 15.7. The van der Waals surface area contributed by atoms with Gasteiger partial charge >= 0.3 is 0 Å². The maximum Gasteiger partial charge on any atom is 0.142 e. The number of Topliss-reactive ketones (excluding diaryl/α,β-unsaturated/α-hetero) is 2. The molecule has 4 nitrogen and oxygen atoms in total. The molecule has 0 amide bonds. The number of nitrogens with zero attached hydrogens (tertiary/aromatic N) is 1. The van der Waals surface area contributed by atoms with Crippen LogP contribution in [0.1, 0.15) is 35.4 Å². The molecule has 28 heavy (non-hydrogen) atoms. The molecule has 4 heteroatoms. The quantitative estimate of drug-likeness (QED) is 0.818. The number of hydrogen-bond donors (Lipinski definition) is 0. The van der Waals surface area contributed by atoms with Crippen molar-refractivity contribution < 1.29 is 14.4 Å². The van der Waals surface area contributed by atoms with Gasteiger partial charge < -0.3 is 0 Å². The van der Waals surface area contributed by atoms with Crippen molar-refractivity contribution in [3.8, 4) is 0 Å². The van der Waals surface area contributed by atoms with Crippen LogP contribution in [0.25, 0.3) is 6.08 Å². The van der Waals surface area contributed by atoms with Crippen LogP contribution in [0.2, 0.25) is 0 Å². The molecule has 1 heterocycles. The molecular weight excluding hydrogens is 350 g/mol. The summed E-state index contributed by atoms with van der Waals surface area (Å²) in [5, 5.41) is 1.85. The molecule has 1 saturated heterocycles. The Bertz CT molecular complexity index is 951. The van der Waals surface area contributed by atoms with Crippen molar-refractivity contribution in [1.29, 1.82) is 0 Å². The monoisotopic (exact) mass is 373 g/mol. The van der Waals surface area contributed by atoms with Gasteiger partial charge in [-0.25, -0.2) is 0 Å². The van der Waals surface area contributed by atoms with E-state index in [9.17, 15) is 9.59 Å². The van der Waals surface area contributed by atoms with Crippen molar-refractivity contribution in [2.24, 2.45) is 11.3 Å². The first-order chi connectivity index (χ1) is 13.7. The maximum atomic E-state index is 13.3. The highest BCUT2D eigenvalue weighted by molar-refractivity contribution is 6.01. The van der Waals surface area contributed by atoms with E-state index in [2.05, 4.69) is 24.3 Å². The topological polar surface area (TPSA) is 46.6 Å². The molecule has 3 atom stereocenters. The van der Waals surface area contributed by atoms with E-state index in [4.69, 9.17) is 4.84 Å². The minimum atomic E-state index is -0.713. The average molecular weight is 373 g/mol. The molecule has 1 saturated carbocycles. The molecule has 1 unspecified atom stereocenters. The average Bonchev–Trinajstić information content (AvgIpc) is 3.33. The minimum absolute atomic E-state index is 0.0595. The van der Waals surface area contributed by atoms with Gasteiger partial charge in [0.25, 0.3) is 0 Å². The van der Waals surface area contributed by atoms with E-state index in [0.29, 0.717) is 32.5 Å². The third kappa shape index (κ3) is 2.67. The molecule has 0 spiro atoms. The van der Waals surface area contributed by atoms with Gasteiger partial charge in [0.2, 0.25) is 0 Å². The van der Waals surface area contributed by atoms with Gasteiger partial charge in [-0.1, -0.05) is 66.7 Å². The number of hydroxylamine groups is 2. The minimum Gasteiger partial charge on any atom is -0.299 e. The lowest BCUT2D eigenvalue weighted by Crippen LogP contribution is -2.49. The van der Waals surface area contributed by atoms with E-state index in [1.165, 1.54) is 0 Å². The lowest BCUT2D eigenvalue weighted by molar-refractivity contribution is -0.163. The van der Waals surface area contributed by atoms with Crippen molar-refractivity contribution in [1.82, 2.24) is 5.06 Å². The highest BCUT2D eigenvalue weighted by Crippen LogP contribution is 2.54. The van der Waals surface area contributed by atoms with Crippen LogP contribution in [0, 0.1) is 11.3 Å². The zero-order valence-corrected chi connectivity index (χ0v) is 15.7. The van der Waals surface area contributed by atoms with Crippen LogP contribution < -0.4 is 0 Å². The summed E-state index contributed by atoms with van der Waals surface area (Å²) in [5.41, 5.74) is 2.67. The summed E-state index contributed by atoms with van der Waals surface area (Å²) in [6, 6.07) is 18.2. The van der Waals surface area contributed by atoms with Crippen molar-refractivity contribution >= 4 is 17.6 Å². The second-order valence-electron chi connectivity index (χ2n) is 8.03. The van der Waals surface area contributed by atoms with E-state index >= 15 is 0 Å². The molecule has 142 valence electrons. The Hall–Kier alpha value is -2.56.